The van der Waals surface area contributed by atoms with Crippen LogP contribution in [0.4, 0.5) is 4.39 Å². The number of likely N-dealkylation sites (tertiary alicyclic amines) is 1. The Balaban J connectivity index is 1.71. The Labute approximate surface area is 146 Å². The third-order valence-corrected chi connectivity index (χ3v) is 4.49. The second-order valence-corrected chi connectivity index (χ2v) is 6.31. The molecule has 0 atom stereocenters. The van der Waals surface area contributed by atoms with E-state index in [0.717, 1.165) is 42.6 Å². The van der Waals surface area contributed by atoms with Crippen LogP contribution < -0.4 is 5.32 Å². The lowest BCUT2D eigenvalue weighted by molar-refractivity contribution is -0.129. The van der Waals surface area contributed by atoms with E-state index in [1.165, 1.54) is 12.1 Å². The smallest absolute Gasteiger partial charge is 0.251 e. The molecule has 2 amide bonds. The molecule has 2 aromatic rings. The number of aryl methyl sites for hydroxylation is 1. The fourth-order valence-electron chi connectivity index (χ4n) is 3.07. The summed E-state index contributed by atoms with van der Waals surface area (Å²) in [6.07, 6.45) is 2.05. The number of carbonyl (C=O) groups excluding carboxylic acids is 2. The van der Waals surface area contributed by atoms with E-state index >= 15 is 0 Å². The van der Waals surface area contributed by atoms with Gasteiger partial charge in [-0.2, -0.15) is 0 Å². The maximum atomic E-state index is 13.5. The van der Waals surface area contributed by atoms with Gasteiger partial charge in [0.25, 0.3) is 5.91 Å². The minimum atomic E-state index is -0.313. The van der Waals surface area contributed by atoms with Gasteiger partial charge in [-0.1, -0.05) is 18.2 Å². The van der Waals surface area contributed by atoms with Crippen molar-refractivity contribution in [3.63, 3.8) is 0 Å². The molecule has 0 radical (unpaired) electrons. The molecular formula is C20H21FN2O2. The standard InChI is InChI=1S/C20H21FN2O2/c1-14-7-8-17(21)12-18(14)15-5-4-6-16(11-15)20(25)22-13-19(24)23-9-2-3-10-23/h4-8,11-12H,2-3,9-10,13H2,1H3,(H,22,25). The number of rotatable bonds is 4. The number of nitrogens with one attached hydrogen (secondary N) is 1. The highest BCUT2D eigenvalue weighted by Gasteiger charge is 2.18. The number of halogens is 1. The average Bonchev–Trinajstić information content (AvgIpc) is 3.16. The van der Waals surface area contributed by atoms with Crippen molar-refractivity contribution in [1.29, 1.82) is 0 Å². The molecule has 130 valence electrons. The highest BCUT2D eigenvalue weighted by Crippen LogP contribution is 2.25. The zero-order valence-electron chi connectivity index (χ0n) is 14.2. The van der Waals surface area contributed by atoms with Gasteiger partial charge >= 0.3 is 0 Å². The molecule has 1 fully saturated rings. The summed E-state index contributed by atoms with van der Waals surface area (Å²) in [5.41, 5.74) is 2.91. The number of hydrogen-bond acceptors (Lipinski definition) is 2. The normalized spacial score (nSPS) is 13.8. The number of hydrogen-bond donors (Lipinski definition) is 1. The van der Waals surface area contributed by atoms with Crippen LogP contribution >= 0.6 is 0 Å². The van der Waals surface area contributed by atoms with Crippen LogP contribution in [0.3, 0.4) is 0 Å². The lowest BCUT2D eigenvalue weighted by Gasteiger charge is -2.15. The van der Waals surface area contributed by atoms with E-state index < -0.39 is 0 Å². The van der Waals surface area contributed by atoms with Crippen molar-refractivity contribution in [3.05, 3.63) is 59.4 Å². The van der Waals surface area contributed by atoms with E-state index in [1.807, 2.05) is 13.0 Å². The van der Waals surface area contributed by atoms with Crippen molar-refractivity contribution in [3.8, 4) is 11.1 Å². The van der Waals surface area contributed by atoms with Gasteiger partial charge in [-0.3, -0.25) is 9.59 Å². The highest BCUT2D eigenvalue weighted by molar-refractivity contribution is 5.97. The first-order chi connectivity index (χ1) is 12.0. The Kier molecular flexibility index (Phi) is 5.12. The van der Waals surface area contributed by atoms with Gasteiger partial charge in [0.2, 0.25) is 5.91 Å². The zero-order valence-corrected chi connectivity index (χ0v) is 14.2. The molecule has 0 unspecified atom stereocenters. The molecule has 1 aliphatic heterocycles. The van der Waals surface area contributed by atoms with Crippen molar-refractivity contribution >= 4 is 11.8 Å². The van der Waals surface area contributed by atoms with Crippen LogP contribution in [-0.4, -0.2) is 36.3 Å². The predicted molar refractivity (Wildman–Crippen MR) is 94.7 cm³/mol. The fourth-order valence-corrected chi connectivity index (χ4v) is 3.07. The molecule has 1 heterocycles. The zero-order chi connectivity index (χ0) is 17.8. The molecular weight excluding hydrogens is 319 g/mol. The second-order valence-electron chi connectivity index (χ2n) is 6.31. The molecule has 2 aromatic carbocycles. The lowest BCUT2D eigenvalue weighted by Crippen LogP contribution is -2.38. The maximum absolute atomic E-state index is 13.5. The van der Waals surface area contributed by atoms with Gasteiger partial charge in [-0.25, -0.2) is 4.39 Å². The van der Waals surface area contributed by atoms with Crippen LogP contribution in [0.2, 0.25) is 0 Å². The van der Waals surface area contributed by atoms with Gasteiger partial charge in [0, 0.05) is 18.7 Å². The van der Waals surface area contributed by atoms with Gasteiger partial charge in [-0.15, -0.1) is 0 Å². The summed E-state index contributed by atoms with van der Waals surface area (Å²) in [6.45, 7) is 3.43. The Morgan fingerprint density at radius 1 is 1.12 bits per heavy atom. The molecule has 0 aliphatic carbocycles. The van der Waals surface area contributed by atoms with E-state index in [9.17, 15) is 14.0 Å². The van der Waals surface area contributed by atoms with Crippen LogP contribution in [0.5, 0.6) is 0 Å². The van der Waals surface area contributed by atoms with Crippen LogP contribution in [0, 0.1) is 12.7 Å². The first kappa shape index (κ1) is 17.1. The van der Waals surface area contributed by atoms with Crippen LogP contribution in [0.25, 0.3) is 11.1 Å². The molecule has 5 heteroatoms. The Hall–Kier alpha value is -2.69. The summed E-state index contributed by atoms with van der Waals surface area (Å²) in [4.78, 5) is 26.1. The van der Waals surface area contributed by atoms with E-state index in [1.54, 1.807) is 29.2 Å². The lowest BCUT2D eigenvalue weighted by atomic mass is 9.98. The first-order valence-electron chi connectivity index (χ1n) is 8.47. The Bertz CT molecular complexity index is 798. The van der Waals surface area contributed by atoms with Crippen molar-refractivity contribution < 1.29 is 14.0 Å². The number of amides is 2. The van der Waals surface area contributed by atoms with Crippen molar-refractivity contribution in [2.45, 2.75) is 19.8 Å². The topological polar surface area (TPSA) is 49.4 Å². The molecule has 0 saturated carbocycles. The summed E-state index contributed by atoms with van der Waals surface area (Å²) in [5, 5.41) is 2.68. The largest absolute Gasteiger partial charge is 0.343 e. The summed E-state index contributed by atoms with van der Waals surface area (Å²) in [7, 11) is 0. The minimum absolute atomic E-state index is 0.00204. The van der Waals surface area contributed by atoms with Crippen molar-refractivity contribution in [2.24, 2.45) is 0 Å². The summed E-state index contributed by atoms with van der Waals surface area (Å²) in [5.74, 6) is -0.668. The number of carbonyl (C=O) groups is 2. The van der Waals surface area contributed by atoms with Gasteiger partial charge in [0.15, 0.2) is 0 Å². The molecule has 1 N–H and O–H groups in total. The second kappa shape index (κ2) is 7.47. The third-order valence-electron chi connectivity index (χ3n) is 4.49. The molecule has 25 heavy (non-hydrogen) atoms. The maximum Gasteiger partial charge on any atom is 0.251 e. The molecule has 1 saturated heterocycles. The SMILES string of the molecule is Cc1ccc(F)cc1-c1cccc(C(=O)NCC(=O)N2CCCC2)c1. The monoisotopic (exact) mass is 340 g/mol. The molecule has 4 nitrogen and oxygen atoms in total. The van der Waals surface area contributed by atoms with Crippen molar-refractivity contribution in [1.82, 2.24) is 10.2 Å². The Morgan fingerprint density at radius 2 is 1.88 bits per heavy atom. The average molecular weight is 340 g/mol. The first-order valence-corrected chi connectivity index (χ1v) is 8.47. The van der Waals surface area contributed by atoms with Gasteiger partial charge in [0.1, 0.15) is 5.82 Å². The molecule has 3 rings (SSSR count). The van der Waals surface area contributed by atoms with Gasteiger partial charge in [0.05, 0.1) is 6.54 Å². The molecule has 0 bridgehead atoms. The van der Waals surface area contributed by atoms with E-state index in [-0.39, 0.29) is 24.2 Å². The fraction of sp³-hybridized carbons (Fsp3) is 0.300. The summed E-state index contributed by atoms with van der Waals surface area (Å²) in [6, 6.07) is 11.6. The third kappa shape index (κ3) is 4.05. The van der Waals surface area contributed by atoms with Gasteiger partial charge < -0.3 is 10.2 Å². The highest BCUT2D eigenvalue weighted by atomic mass is 19.1. The van der Waals surface area contributed by atoms with Crippen molar-refractivity contribution in [2.75, 3.05) is 19.6 Å². The van der Waals surface area contributed by atoms with E-state index in [2.05, 4.69) is 5.32 Å². The number of benzene rings is 2. The molecule has 0 aromatic heterocycles. The minimum Gasteiger partial charge on any atom is -0.343 e. The molecule has 1 aliphatic rings. The van der Waals surface area contributed by atoms with Gasteiger partial charge in [-0.05, 0) is 60.7 Å². The Morgan fingerprint density at radius 3 is 2.64 bits per heavy atom. The van der Waals surface area contributed by atoms with E-state index in [4.69, 9.17) is 0 Å². The van der Waals surface area contributed by atoms with Crippen LogP contribution in [-0.2, 0) is 4.79 Å². The summed E-state index contributed by atoms with van der Waals surface area (Å²) < 4.78 is 13.5. The van der Waals surface area contributed by atoms with Crippen LogP contribution in [0.15, 0.2) is 42.5 Å². The quantitative estimate of drug-likeness (QED) is 0.929. The number of nitrogens with zero attached hydrogens (tertiary/aromatic N) is 1. The molecule has 0 spiro atoms. The van der Waals surface area contributed by atoms with Crippen LogP contribution in [0.1, 0.15) is 28.8 Å². The van der Waals surface area contributed by atoms with E-state index in [0.29, 0.717) is 5.56 Å². The summed E-state index contributed by atoms with van der Waals surface area (Å²) >= 11 is 0. The predicted octanol–water partition coefficient (Wildman–Crippen LogP) is 3.15.